The largest absolute Gasteiger partial charge is 0.507 e. The fourth-order valence-electron chi connectivity index (χ4n) is 3.34. The highest BCUT2D eigenvalue weighted by Gasteiger charge is 2.03. The third-order valence-corrected chi connectivity index (χ3v) is 5.31. The van der Waals surface area contributed by atoms with Gasteiger partial charge in [0.2, 0.25) is 0 Å². The Kier molecular flexibility index (Phi) is 6.13. The molecular weight excluding hydrogens is 396 g/mol. The van der Waals surface area contributed by atoms with Gasteiger partial charge in [-0.05, 0) is 72.5 Å². The second-order valence-electron chi connectivity index (χ2n) is 7.64. The summed E-state index contributed by atoms with van der Waals surface area (Å²) in [5, 5.41) is 20.2. The van der Waals surface area contributed by atoms with Gasteiger partial charge >= 0.3 is 0 Å². The zero-order valence-corrected chi connectivity index (χ0v) is 18.0. The van der Waals surface area contributed by atoms with Crippen LogP contribution in [-0.2, 0) is 0 Å². The van der Waals surface area contributed by atoms with E-state index in [0.29, 0.717) is 11.1 Å². The van der Waals surface area contributed by atoms with Crippen molar-refractivity contribution in [3.63, 3.8) is 0 Å². The molecule has 4 heteroatoms. The third-order valence-electron chi connectivity index (χ3n) is 5.31. The van der Waals surface area contributed by atoms with Gasteiger partial charge in [0, 0.05) is 23.6 Å². The third kappa shape index (κ3) is 4.76. The van der Waals surface area contributed by atoms with Gasteiger partial charge in [0.25, 0.3) is 0 Å². The van der Waals surface area contributed by atoms with Crippen molar-refractivity contribution in [3.05, 3.63) is 107 Å². The van der Waals surface area contributed by atoms with E-state index in [0.717, 1.165) is 33.6 Å². The molecule has 0 atom stereocenters. The molecule has 4 aromatic rings. The number of nitrogens with zero attached hydrogens (tertiary/aromatic N) is 2. The Balaban J connectivity index is 1.46. The summed E-state index contributed by atoms with van der Waals surface area (Å²) in [5.41, 5.74) is 6.83. The number of benzene rings is 4. The van der Waals surface area contributed by atoms with Crippen molar-refractivity contribution in [2.24, 2.45) is 9.98 Å². The van der Waals surface area contributed by atoms with E-state index >= 15 is 0 Å². The van der Waals surface area contributed by atoms with Crippen molar-refractivity contribution < 1.29 is 10.2 Å². The van der Waals surface area contributed by atoms with Gasteiger partial charge in [-0.15, -0.1) is 0 Å². The number of aliphatic imine (C=N–C) groups is 2. The highest BCUT2D eigenvalue weighted by Crippen LogP contribution is 2.26. The van der Waals surface area contributed by atoms with Crippen molar-refractivity contribution in [2.75, 3.05) is 0 Å². The predicted octanol–water partition coefficient (Wildman–Crippen LogP) is 6.88. The number of phenolic OH excluding ortho intramolecular Hbond substituents is 2. The van der Waals surface area contributed by atoms with Gasteiger partial charge in [-0.2, -0.15) is 0 Å². The van der Waals surface area contributed by atoms with Gasteiger partial charge in [0.15, 0.2) is 0 Å². The van der Waals surface area contributed by atoms with Crippen molar-refractivity contribution in [1.82, 2.24) is 0 Å². The van der Waals surface area contributed by atoms with Crippen LogP contribution in [-0.4, -0.2) is 22.6 Å². The molecule has 0 aliphatic rings. The van der Waals surface area contributed by atoms with E-state index in [-0.39, 0.29) is 11.5 Å². The molecule has 0 aliphatic heterocycles. The average molecular weight is 421 g/mol. The van der Waals surface area contributed by atoms with Crippen molar-refractivity contribution in [3.8, 4) is 22.6 Å². The summed E-state index contributed by atoms with van der Waals surface area (Å²) in [4.78, 5) is 8.94. The van der Waals surface area contributed by atoms with Gasteiger partial charge in [0.1, 0.15) is 11.5 Å². The Labute approximate surface area is 187 Å². The molecule has 158 valence electrons. The number of hydrogen-bond acceptors (Lipinski definition) is 4. The molecule has 0 radical (unpaired) electrons. The minimum atomic E-state index is 0.258. The van der Waals surface area contributed by atoms with E-state index in [4.69, 9.17) is 0 Å². The molecule has 0 saturated carbocycles. The minimum Gasteiger partial charge on any atom is -0.507 e. The lowest BCUT2D eigenvalue weighted by atomic mass is 10.1. The molecule has 0 bridgehead atoms. The van der Waals surface area contributed by atoms with Gasteiger partial charge in [-0.3, -0.25) is 9.98 Å². The van der Waals surface area contributed by atoms with Crippen LogP contribution < -0.4 is 0 Å². The van der Waals surface area contributed by atoms with E-state index < -0.39 is 0 Å². The van der Waals surface area contributed by atoms with Gasteiger partial charge in [-0.25, -0.2) is 0 Å². The monoisotopic (exact) mass is 420 g/mol. The van der Waals surface area contributed by atoms with Crippen molar-refractivity contribution in [1.29, 1.82) is 0 Å². The molecule has 2 N–H and O–H groups in total. The minimum absolute atomic E-state index is 0.258. The van der Waals surface area contributed by atoms with Crippen molar-refractivity contribution in [2.45, 2.75) is 13.8 Å². The predicted molar refractivity (Wildman–Crippen MR) is 132 cm³/mol. The number of aryl methyl sites for hydroxylation is 2. The first-order valence-corrected chi connectivity index (χ1v) is 10.4. The number of aromatic hydroxyl groups is 2. The molecule has 0 saturated heterocycles. The normalized spacial score (nSPS) is 11.4. The lowest BCUT2D eigenvalue weighted by Crippen LogP contribution is -1.85. The summed E-state index contributed by atoms with van der Waals surface area (Å²) in [5.74, 6) is 0.515. The Hall–Kier alpha value is -4.18. The molecule has 0 amide bonds. The van der Waals surface area contributed by atoms with Gasteiger partial charge in [0.05, 0.1) is 11.4 Å². The number of para-hydroxylation sites is 2. The summed E-state index contributed by atoms with van der Waals surface area (Å²) < 4.78 is 0. The highest BCUT2D eigenvalue weighted by atomic mass is 16.3. The zero-order valence-electron chi connectivity index (χ0n) is 18.0. The molecule has 0 spiro atoms. The van der Waals surface area contributed by atoms with E-state index in [1.54, 1.807) is 12.4 Å². The lowest BCUT2D eigenvalue weighted by molar-refractivity contribution is 0.470. The molecule has 0 heterocycles. The smallest absolute Gasteiger partial charge is 0.127 e. The maximum Gasteiger partial charge on any atom is 0.127 e. The maximum absolute atomic E-state index is 10.1. The Morgan fingerprint density at radius 3 is 1.28 bits per heavy atom. The van der Waals surface area contributed by atoms with Gasteiger partial charge in [-0.1, -0.05) is 48.5 Å². The SMILES string of the molecule is Cc1cccc(C=Nc2ccc(-c3ccc(N=Cc4cccc(C)c4O)cc3)cc2)c1O. The van der Waals surface area contributed by atoms with E-state index in [1.165, 1.54) is 0 Å². The summed E-state index contributed by atoms with van der Waals surface area (Å²) in [6.45, 7) is 3.73. The maximum atomic E-state index is 10.1. The summed E-state index contributed by atoms with van der Waals surface area (Å²) >= 11 is 0. The van der Waals surface area contributed by atoms with Crippen LogP contribution in [0.15, 0.2) is 94.9 Å². The molecule has 32 heavy (non-hydrogen) atoms. The molecule has 4 nitrogen and oxygen atoms in total. The lowest BCUT2D eigenvalue weighted by Gasteiger charge is -2.04. The summed E-state index contributed by atoms with van der Waals surface area (Å²) in [6.07, 6.45) is 3.35. The molecule has 4 aromatic carbocycles. The van der Waals surface area contributed by atoms with Crippen LogP contribution >= 0.6 is 0 Å². The number of rotatable bonds is 5. The first-order chi connectivity index (χ1) is 15.5. The molecular formula is C28H24N2O2. The molecule has 0 unspecified atom stereocenters. The van der Waals surface area contributed by atoms with Crippen molar-refractivity contribution >= 4 is 23.8 Å². The summed E-state index contributed by atoms with van der Waals surface area (Å²) in [6, 6.07) is 27.1. The fraction of sp³-hybridized carbons (Fsp3) is 0.0714. The number of hydrogen-bond donors (Lipinski definition) is 2. The van der Waals surface area contributed by atoms with Crippen LogP contribution in [0.4, 0.5) is 11.4 Å². The molecule has 0 aliphatic carbocycles. The Bertz CT molecular complexity index is 1190. The summed E-state index contributed by atoms with van der Waals surface area (Å²) in [7, 11) is 0. The Morgan fingerprint density at radius 1 is 0.531 bits per heavy atom. The second-order valence-corrected chi connectivity index (χ2v) is 7.64. The van der Waals surface area contributed by atoms with Crippen LogP contribution in [0.25, 0.3) is 11.1 Å². The topological polar surface area (TPSA) is 65.2 Å². The highest BCUT2D eigenvalue weighted by molar-refractivity contribution is 5.87. The number of phenols is 2. The zero-order chi connectivity index (χ0) is 22.5. The second kappa shape index (κ2) is 9.31. The molecule has 0 fully saturated rings. The average Bonchev–Trinajstić information content (AvgIpc) is 2.82. The standard InChI is InChI=1S/C28H24N2O2/c1-19-5-3-7-23(27(19)31)17-29-25-13-9-21(10-14-25)22-11-15-26(16-12-22)30-18-24-8-4-6-20(2)28(24)32/h3-18,31-32H,1-2H3. The van der Waals surface area contributed by atoms with Crippen LogP contribution in [0.3, 0.4) is 0 Å². The Morgan fingerprint density at radius 2 is 0.906 bits per heavy atom. The van der Waals surface area contributed by atoms with E-state index in [2.05, 4.69) is 9.98 Å². The van der Waals surface area contributed by atoms with Crippen LogP contribution in [0.5, 0.6) is 11.5 Å². The quantitative estimate of drug-likeness (QED) is 0.346. The first-order valence-electron chi connectivity index (χ1n) is 10.4. The van der Waals surface area contributed by atoms with E-state index in [1.807, 2.05) is 98.8 Å². The fourth-order valence-corrected chi connectivity index (χ4v) is 3.34. The van der Waals surface area contributed by atoms with Crippen LogP contribution in [0.2, 0.25) is 0 Å². The molecule has 4 rings (SSSR count). The van der Waals surface area contributed by atoms with Crippen LogP contribution in [0, 0.1) is 13.8 Å². The van der Waals surface area contributed by atoms with Gasteiger partial charge < -0.3 is 10.2 Å². The molecule has 0 aromatic heterocycles. The van der Waals surface area contributed by atoms with E-state index in [9.17, 15) is 10.2 Å². The van der Waals surface area contributed by atoms with Crippen LogP contribution in [0.1, 0.15) is 22.3 Å². The first kappa shape index (κ1) is 21.1.